The molecule has 0 fully saturated rings. The summed E-state index contributed by atoms with van der Waals surface area (Å²) in [5, 5.41) is 12.5. The maximum absolute atomic E-state index is 12.9. The van der Waals surface area contributed by atoms with Gasteiger partial charge in [-0.05, 0) is 24.0 Å². The van der Waals surface area contributed by atoms with E-state index in [1.165, 1.54) is 23.9 Å². The molecule has 1 N–H and O–H groups in total. The number of halogens is 1. The lowest BCUT2D eigenvalue weighted by Crippen LogP contribution is -2.30. The zero-order valence-corrected chi connectivity index (χ0v) is 10.6. The van der Waals surface area contributed by atoms with E-state index in [0.717, 1.165) is 5.56 Å². The molecule has 1 atom stereocenters. The normalized spacial score (nSPS) is 19.4. The van der Waals surface area contributed by atoms with Crippen molar-refractivity contribution in [1.29, 1.82) is 5.26 Å². The maximum atomic E-state index is 12.9. The average Bonchev–Trinajstić information content (AvgIpc) is 2.38. The summed E-state index contributed by atoms with van der Waals surface area (Å²) in [6, 6.07) is 8.06. The predicted molar refractivity (Wildman–Crippen MR) is 68.1 cm³/mol. The summed E-state index contributed by atoms with van der Waals surface area (Å²) < 4.78 is 12.9. The molecule has 1 heterocycles. The van der Waals surface area contributed by atoms with E-state index in [2.05, 4.69) is 11.4 Å². The van der Waals surface area contributed by atoms with Gasteiger partial charge in [-0.15, -0.1) is 11.8 Å². The van der Waals surface area contributed by atoms with Gasteiger partial charge in [0.15, 0.2) is 0 Å². The van der Waals surface area contributed by atoms with Gasteiger partial charge in [0.2, 0.25) is 5.91 Å². The van der Waals surface area contributed by atoms with Gasteiger partial charge in [0, 0.05) is 12.3 Å². The highest BCUT2D eigenvalue weighted by Gasteiger charge is 2.28. The van der Waals surface area contributed by atoms with Gasteiger partial charge in [-0.2, -0.15) is 5.26 Å². The number of nitriles is 1. The molecule has 0 bridgehead atoms. The Kier molecular flexibility index (Phi) is 3.68. The molecule has 3 nitrogen and oxygen atoms in total. The van der Waals surface area contributed by atoms with E-state index < -0.39 is 0 Å². The van der Waals surface area contributed by atoms with Crippen molar-refractivity contribution in [2.24, 2.45) is 0 Å². The number of nitrogens with one attached hydrogen (secondary N) is 1. The van der Waals surface area contributed by atoms with E-state index in [-0.39, 0.29) is 24.1 Å². The fourth-order valence-corrected chi connectivity index (χ4v) is 2.58. The number of benzene rings is 1. The Hall–Kier alpha value is -1.80. The van der Waals surface area contributed by atoms with Crippen molar-refractivity contribution in [3.63, 3.8) is 0 Å². The van der Waals surface area contributed by atoms with E-state index in [9.17, 15) is 14.4 Å². The molecule has 5 heteroatoms. The molecular formula is C13H11FN2OS. The van der Waals surface area contributed by atoms with Gasteiger partial charge in [0.05, 0.1) is 16.7 Å². The zero-order chi connectivity index (χ0) is 13.1. The van der Waals surface area contributed by atoms with Gasteiger partial charge in [-0.3, -0.25) is 4.79 Å². The molecule has 1 aliphatic heterocycles. The van der Waals surface area contributed by atoms with Crippen LogP contribution < -0.4 is 5.32 Å². The molecule has 0 aromatic heterocycles. The molecule has 1 aromatic rings. The largest absolute Gasteiger partial charge is 0.320 e. The van der Waals surface area contributed by atoms with Crippen molar-refractivity contribution < 1.29 is 9.18 Å². The molecule has 0 unspecified atom stereocenters. The number of carbonyl (C=O) groups excluding carboxylic acids is 1. The van der Waals surface area contributed by atoms with Gasteiger partial charge in [0.1, 0.15) is 5.82 Å². The van der Waals surface area contributed by atoms with Crippen LogP contribution in [0.2, 0.25) is 0 Å². The van der Waals surface area contributed by atoms with Crippen molar-refractivity contribution in [2.45, 2.75) is 12.3 Å². The second-order valence-corrected chi connectivity index (χ2v) is 4.73. The summed E-state index contributed by atoms with van der Waals surface area (Å²) in [5.74, 6) is -0.730. The quantitative estimate of drug-likeness (QED) is 0.891. The van der Waals surface area contributed by atoms with E-state index in [0.29, 0.717) is 10.6 Å². The van der Waals surface area contributed by atoms with E-state index in [1.807, 2.05) is 0 Å². The molecule has 1 aromatic carbocycles. The molecule has 2 rings (SSSR count). The highest BCUT2D eigenvalue weighted by atomic mass is 32.2. The van der Waals surface area contributed by atoms with Gasteiger partial charge in [0.25, 0.3) is 0 Å². The number of hydrogen-bond donors (Lipinski definition) is 1. The first-order valence-corrected chi connectivity index (χ1v) is 6.61. The fraction of sp³-hybridized carbons (Fsp3) is 0.231. The van der Waals surface area contributed by atoms with Crippen LogP contribution in [0.5, 0.6) is 0 Å². The SMILES string of the molecule is CSC1=C(C#N)[C@H](c2ccc(F)cc2)CC(=O)N1. The standard InChI is InChI=1S/C13H11FN2OS/c1-18-13-11(7-15)10(6-12(17)16-13)8-2-4-9(14)5-3-8/h2-5,10H,6H2,1H3,(H,16,17)/t10-/m0/s1. The number of amides is 1. The van der Waals surface area contributed by atoms with E-state index in [1.54, 1.807) is 18.4 Å². The molecule has 0 spiro atoms. The fourth-order valence-electron chi connectivity index (χ4n) is 1.96. The molecular weight excluding hydrogens is 251 g/mol. The second-order valence-electron chi connectivity index (χ2n) is 3.92. The van der Waals surface area contributed by atoms with Crippen LogP contribution in [-0.4, -0.2) is 12.2 Å². The number of thioether (sulfide) groups is 1. The minimum atomic E-state index is -0.327. The number of allylic oxidation sites excluding steroid dienone is 1. The van der Waals surface area contributed by atoms with Crippen LogP contribution in [0.25, 0.3) is 0 Å². The summed E-state index contributed by atoms with van der Waals surface area (Å²) in [7, 11) is 0. The third-order valence-corrected chi connectivity index (χ3v) is 3.56. The first-order valence-electron chi connectivity index (χ1n) is 5.39. The monoisotopic (exact) mass is 262 g/mol. The van der Waals surface area contributed by atoms with Crippen molar-refractivity contribution in [3.8, 4) is 6.07 Å². The molecule has 1 amide bonds. The van der Waals surface area contributed by atoms with Gasteiger partial charge < -0.3 is 5.32 Å². The Morgan fingerprint density at radius 1 is 1.44 bits per heavy atom. The maximum Gasteiger partial charge on any atom is 0.225 e. The van der Waals surface area contributed by atoms with Crippen molar-refractivity contribution in [1.82, 2.24) is 5.32 Å². The number of carbonyl (C=O) groups is 1. The van der Waals surface area contributed by atoms with Crippen LogP contribution in [0.1, 0.15) is 17.9 Å². The molecule has 1 aliphatic rings. The minimum absolute atomic E-state index is 0.118. The second kappa shape index (κ2) is 5.23. The van der Waals surface area contributed by atoms with Crippen LogP contribution in [0, 0.1) is 17.1 Å². The Labute approximate surface area is 109 Å². The first-order chi connectivity index (χ1) is 8.65. The van der Waals surface area contributed by atoms with Gasteiger partial charge >= 0.3 is 0 Å². The highest BCUT2D eigenvalue weighted by Crippen LogP contribution is 2.34. The van der Waals surface area contributed by atoms with Crippen LogP contribution >= 0.6 is 11.8 Å². The summed E-state index contributed by atoms with van der Waals surface area (Å²) in [6.07, 6.45) is 2.03. The molecule has 0 aliphatic carbocycles. The van der Waals surface area contributed by atoms with Crippen LogP contribution in [0.4, 0.5) is 4.39 Å². The summed E-state index contributed by atoms with van der Waals surface area (Å²) in [6.45, 7) is 0. The molecule has 0 saturated carbocycles. The molecule has 0 saturated heterocycles. The lowest BCUT2D eigenvalue weighted by molar-refractivity contribution is -0.120. The topological polar surface area (TPSA) is 52.9 Å². The number of rotatable bonds is 2. The Morgan fingerprint density at radius 2 is 2.11 bits per heavy atom. The molecule has 92 valence electrons. The zero-order valence-electron chi connectivity index (χ0n) is 9.74. The van der Waals surface area contributed by atoms with Crippen molar-refractivity contribution >= 4 is 17.7 Å². The minimum Gasteiger partial charge on any atom is -0.320 e. The third-order valence-electron chi connectivity index (χ3n) is 2.83. The number of nitrogens with zero attached hydrogens (tertiary/aromatic N) is 1. The third kappa shape index (κ3) is 2.39. The summed E-state index contributed by atoms with van der Waals surface area (Å²) >= 11 is 1.33. The van der Waals surface area contributed by atoms with Crippen molar-refractivity contribution in [3.05, 3.63) is 46.2 Å². The Balaban J connectivity index is 2.45. The van der Waals surface area contributed by atoms with Gasteiger partial charge in [-0.1, -0.05) is 12.1 Å². The lowest BCUT2D eigenvalue weighted by atomic mass is 9.87. The van der Waals surface area contributed by atoms with Crippen LogP contribution in [0.15, 0.2) is 34.9 Å². The Bertz CT molecular complexity index is 545. The van der Waals surface area contributed by atoms with E-state index >= 15 is 0 Å². The first kappa shape index (κ1) is 12.7. The van der Waals surface area contributed by atoms with Crippen LogP contribution in [-0.2, 0) is 4.79 Å². The summed E-state index contributed by atoms with van der Waals surface area (Å²) in [5.41, 5.74) is 1.32. The number of hydrogen-bond acceptors (Lipinski definition) is 3. The van der Waals surface area contributed by atoms with Crippen molar-refractivity contribution in [2.75, 3.05) is 6.26 Å². The van der Waals surface area contributed by atoms with Gasteiger partial charge in [-0.25, -0.2) is 4.39 Å². The average molecular weight is 262 g/mol. The van der Waals surface area contributed by atoms with Crippen LogP contribution in [0.3, 0.4) is 0 Å². The molecule has 18 heavy (non-hydrogen) atoms. The Morgan fingerprint density at radius 3 is 2.67 bits per heavy atom. The predicted octanol–water partition coefficient (Wildman–Crippen LogP) is 2.53. The summed E-state index contributed by atoms with van der Waals surface area (Å²) in [4.78, 5) is 11.6. The smallest absolute Gasteiger partial charge is 0.225 e. The lowest BCUT2D eigenvalue weighted by Gasteiger charge is -2.24. The molecule has 0 radical (unpaired) electrons. The highest BCUT2D eigenvalue weighted by molar-refractivity contribution is 8.02. The van der Waals surface area contributed by atoms with E-state index in [4.69, 9.17) is 0 Å².